The summed E-state index contributed by atoms with van der Waals surface area (Å²) in [7, 11) is 0. The first-order valence-electron chi connectivity index (χ1n) is 6.16. The second kappa shape index (κ2) is 4.79. The van der Waals surface area contributed by atoms with E-state index in [-0.39, 0.29) is 18.9 Å². The Kier molecular flexibility index (Phi) is 3.62. The largest absolute Gasteiger partial charge is 0.390 e. The van der Waals surface area contributed by atoms with Gasteiger partial charge in [-0.1, -0.05) is 12.8 Å². The summed E-state index contributed by atoms with van der Waals surface area (Å²) in [6.07, 6.45) is 7.68. The molecule has 2 rings (SSSR count). The summed E-state index contributed by atoms with van der Waals surface area (Å²) >= 11 is 0. The molecule has 88 valence electrons. The number of halogens is 1. The molecule has 2 nitrogen and oxygen atoms in total. The van der Waals surface area contributed by atoms with Crippen LogP contribution in [0.3, 0.4) is 0 Å². The molecule has 0 saturated carbocycles. The standard InChI is InChI=1S/C12H21FO2/c13-7-3-1-2-6-12(14)8-10-4-5-11(9-12)15-10/h10-11,14H,1-9H2. The molecule has 0 aromatic rings. The fraction of sp³-hybridized carbons (Fsp3) is 1.00. The monoisotopic (exact) mass is 216 g/mol. The van der Waals surface area contributed by atoms with Crippen LogP contribution in [-0.4, -0.2) is 29.6 Å². The summed E-state index contributed by atoms with van der Waals surface area (Å²) in [5.74, 6) is 0. The third-order valence-electron chi connectivity index (χ3n) is 3.69. The van der Waals surface area contributed by atoms with Crippen LogP contribution in [0.1, 0.15) is 51.4 Å². The lowest BCUT2D eigenvalue weighted by atomic mass is 9.85. The Morgan fingerprint density at radius 3 is 2.40 bits per heavy atom. The van der Waals surface area contributed by atoms with E-state index in [0.29, 0.717) is 6.42 Å². The molecule has 0 aliphatic carbocycles. The normalized spacial score (nSPS) is 39.6. The van der Waals surface area contributed by atoms with E-state index < -0.39 is 5.60 Å². The minimum atomic E-state index is -0.513. The number of unbranched alkanes of at least 4 members (excludes halogenated alkanes) is 2. The molecule has 2 atom stereocenters. The molecular weight excluding hydrogens is 195 g/mol. The van der Waals surface area contributed by atoms with Gasteiger partial charge in [-0.25, -0.2) is 0 Å². The van der Waals surface area contributed by atoms with E-state index in [0.717, 1.165) is 44.9 Å². The second-order valence-electron chi connectivity index (χ2n) is 5.09. The van der Waals surface area contributed by atoms with Gasteiger partial charge in [0.25, 0.3) is 0 Å². The Labute approximate surface area is 90.8 Å². The predicted octanol–water partition coefficient (Wildman–Crippen LogP) is 2.59. The Bertz CT molecular complexity index is 196. The van der Waals surface area contributed by atoms with Crippen molar-refractivity contribution >= 4 is 0 Å². The molecule has 0 aromatic carbocycles. The Morgan fingerprint density at radius 1 is 1.13 bits per heavy atom. The summed E-state index contributed by atoms with van der Waals surface area (Å²) in [6.45, 7) is -0.229. The summed E-state index contributed by atoms with van der Waals surface area (Å²) in [6, 6.07) is 0. The Balaban J connectivity index is 1.75. The van der Waals surface area contributed by atoms with Gasteiger partial charge in [0, 0.05) is 12.8 Å². The van der Waals surface area contributed by atoms with Gasteiger partial charge in [-0.2, -0.15) is 0 Å². The molecule has 0 amide bonds. The van der Waals surface area contributed by atoms with Crippen molar-refractivity contribution in [1.82, 2.24) is 0 Å². The van der Waals surface area contributed by atoms with Gasteiger partial charge in [-0.05, 0) is 25.7 Å². The summed E-state index contributed by atoms with van der Waals surface area (Å²) in [5, 5.41) is 10.4. The van der Waals surface area contributed by atoms with Crippen molar-refractivity contribution < 1.29 is 14.2 Å². The third kappa shape index (κ3) is 2.91. The molecule has 2 aliphatic heterocycles. The Hall–Kier alpha value is -0.150. The highest BCUT2D eigenvalue weighted by Gasteiger charge is 2.42. The predicted molar refractivity (Wildman–Crippen MR) is 56.5 cm³/mol. The fourth-order valence-electron chi connectivity index (χ4n) is 2.94. The van der Waals surface area contributed by atoms with E-state index in [4.69, 9.17) is 4.74 Å². The van der Waals surface area contributed by atoms with Gasteiger partial charge in [0.05, 0.1) is 24.5 Å². The average molecular weight is 216 g/mol. The van der Waals surface area contributed by atoms with Crippen LogP contribution in [0, 0.1) is 0 Å². The molecule has 2 aliphatic rings. The van der Waals surface area contributed by atoms with Crippen LogP contribution in [0.15, 0.2) is 0 Å². The number of aliphatic hydroxyl groups is 1. The maximum atomic E-state index is 11.9. The maximum absolute atomic E-state index is 11.9. The average Bonchev–Trinajstić information content (AvgIpc) is 2.54. The van der Waals surface area contributed by atoms with Crippen molar-refractivity contribution in [3.63, 3.8) is 0 Å². The molecule has 2 heterocycles. The van der Waals surface area contributed by atoms with Crippen molar-refractivity contribution in [3.8, 4) is 0 Å². The highest BCUT2D eigenvalue weighted by Crippen LogP contribution is 2.40. The van der Waals surface area contributed by atoms with Crippen LogP contribution >= 0.6 is 0 Å². The molecule has 15 heavy (non-hydrogen) atoms. The quantitative estimate of drug-likeness (QED) is 0.716. The number of fused-ring (bicyclic) bond motifs is 2. The first-order chi connectivity index (χ1) is 7.22. The van der Waals surface area contributed by atoms with Gasteiger partial charge in [0.1, 0.15) is 0 Å². The first-order valence-corrected chi connectivity index (χ1v) is 6.16. The highest BCUT2D eigenvalue weighted by molar-refractivity contribution is 4.94. The van der Waals surface area contributed by atoms with Gasteiger partial charge in [-0.3, -0.25) is 4.39 Å². The van der Waals surface area contributed by atoms with Gasteiger partial charge < -0.3 is 9.84 Å². The number of alkyl halides is 1. The van der Waals surface area contributed by atoms with Gasteiger partial charge in [0.2, 0.25) is 0 Å². The summed E-state index contributed by atoms with van der Waals surface area (Å²) in [4.78, 5) is 0. The maximum Gasteiger partial charge on any atom is 0.0894 e. The van der Waals surface area contributed by atoms with Crippen LogP contribution in [0.2, 0.25) is 0 Å². The fourth-order valence-corrected chi connectivity index (χ4v) is 2.94. The lowest BCUT2D eigenvalue weighted by Crippen LogP contribution is -2.40. The number of rotatable bonds is 5. The van der Waals surface area contributed by atoms with Crippen molar-refractivity contribution in [2.24, 2.45) is 0 Å². The van der Waals surface area contributed by atoms with Crippen LogP contribution in [-0.2, 0) is 4.74 Å². The van der Waals surface area contributed by atoms with Crippen LogP contribution in [0.4, 0.5) is 4.39 Å². The molecular formula is C12H21FO2. The smallest absolute Gasteiger partial charge is 0.0894 e. The molecule has 2 unspecified atom stereocenters. The van der Waals surface area contributed by atoms with Gasteiger partial charge in [-0.15, -0.1) is 0 Å². The van der Waals surface area contributed by atoms with E-state index in [1.807, 2.05) is 0 Å². The lowest BCUT2D eigenvalue weighted by Gasteiger charge is -2.36. The number of hydrogen-bond acceptors (Lipinski definition) is 2. The minimum absolute atomic E-state index is 0.229. The van der Waals surface area contributed by atoms with Crippen LogP contribution < -0.4 is 0 Å². The molecule has 2 fully saturated rings. The van der Waals surface area contributed by atoms with Crippen LogP contribution in [0.25, 0.3) is 0 Å². The summed E-state index contributed by atoms with van der Waals surface area (Å²) in [5.41, 5.74) is -0.513. The molecule has 0 radical (unpaired) electrons. The van der Waals surface area contributed by atoms with Crippen molar-refractivity contribution in [2.75, 3.05) is 6.67 Å². The highest BCUT2D eigenvalue weighted by atomic mass is 19.1. The minimum Gasteiger partial charge on any atom is -0.390 e. The zero-order valence-corrected chi connectivity index (χ0v) is 9.25. The topological polar surface area (TPSA) is 29.5 Å². The number of ether oxygens (including phenoxy) is 1. The molecule has 1 N–H and O–H groups in total. The number of hydrogen-bond donors (Lipinski definition) is 1. The molecule has 2 saturated heterocycles. The molecule has 0 spiro atoms. The van der Waals surface area contributed by atoms with E-state index in [1.54, 1.807) is 0 Å². The third-order valence-corrected chi connectivity index (χ3v) is 3.69. The Morgan fingerprint density at radius 2 is 1.80 bits per heavy atom. The van der Waals surface area contributed by atoms with E-state index in [9.17, 15) is 9.50 Å². The zero-order chi connectivity index (χ0) is 10.7. The lowest BCUT2D eigenvalue weighted by molar-refractivity contribution is -0.115. The SMILES string of the molecule is OC1(CCCCCF)CC2CCC(C1)O2. The second-order valence-corrected chi connectivity index (χ2v) is 5.09. The first kappa shape index (κ1) is 11.3. The van der Waals surface area contributed by atoms with E-state index in [1.165, 1.54) is 0 Å². The molecule has 2 bridgehead atoms. The zero-order valence-electron chi connectivity index (χ0n) is 9.25. The van der Waals surface area contributed by atoms with Crippen molar-refractivity contribution in [1.29, 1.82) is 0 Å². The van der Waals surface area contributed by atoms with E-state index in [2.05, 4.69) is 0 Å². The van der Waals surface area contributed by atoms with Gasteiger partial charge in [0.15, 0.2) is 0 Å². The van der Waals surface area contributed by atoms with Crippen LogP contribution in [0.5, 0.6) is 0 Å². The summed E-state index contributed by atoms with van der Waals surface area (Å²) < 4.78 is 17.6. The van der Waals surface area contributed by atoms with Crippen molar-refractivity contribution in [3.05, 3.63) is 0 Å². The van der Waals surface area contributed by atoms with E-state index >= 15 is 0 Å². The van der Waals surface area contributed by atoms with Crippen molar-refractivity contribution in [2.45, 2.75) is 69.2 Å². The molecule has 3 heteroatoms. The van der Waals surface area contributed by atoms with Gasteiger partial charge >= 0.3 is 0 Å². The molecule has 0 aromatic heterocycles.